The molecule has 1 saturated carbocycles. The van der Waals surface area contributed by atoms with Gasteiger partial charge < -0.3 is 15.0 Å². The number of carbonyl (C=O) groups is 2. The van der Waals surface area contributed by atoms with Gasteiger partial charge in [-0.1, -0.05) is 54.2 Å². The van der Waals surface area contributed by atoms with Crippen LogP contribution >= 0.6 is 23.2 Å². The van der Waals surface area contributed by atoms with Crippen LogP contribution in [0.25, 0.3) is 0 Å². The van der Waals surface area contributed by atoms with E-state index in [2.05, 4.69) is 5.32 Å². The number of hydrogen-bond donors (Lipinski definition) is 1. The van der Waals surface area contributed by atoms with Crippen LogP contribution in [0.3, 0.4) is 0 Å². The number of nitrogens with zero attached hydrogens (tertiary/aromatic N) is 2. The van der Waals surface area contributed by atoms with Crippen molar-refractivity contribution in [2.45, 2.75) is 58.2 Å². The molecule has 2 aromatic carbocycles. The van der Waals surface area contributed by atoms with Gasteiger partial charge in [0.1, 0.15) is 18.3 Å². The van der Waals surface area contributed by atoms with Crippen molar-refractivity contribution in [2.75, 3.05) is 23.7 Å². The molecule has 1 aliphatic carbocycles. The molecule has 11 heteroatoms. The van der Waals surface area contributed by atoms with Crippen LogP contribution in [0.2, 0.25) is 10.0 Å². The van der Waals surface area contributed by atoms with Crippen molar-refractivity contribution in [3.05, 3.63) is 58.1 Å². The van der Waals surface area contributed by atoms with Crippen molar-refractivity contribution in [2.24, 2.45) is 0 Å². The minimum absolute atomic E-state index is 0.00119. The summed E-state index contributed by atoms with van der Waals surface area (Å²) in [6.45, 7) is 3.22. The van der Waals surface area contributed by atoms with Crippen molar-refractivity contribution < 1.29 is 22.7 Å². The minimum Gasteiger partial charge on any atom is -0.492 e. The largest absolute Gasteiger partial charge is 0.492 e. The van der Waals surface area contributed by atoms with Gasteiger partial charge in [-0.25, -0.2) is 8.42 Å². The van der Waals surface area contributed by atoms with Gasteiger partial charge in [-0.3, -0.25) is 13.9 Å². The number of nitrogens with one attached hydrogen (secondary N) is 1. The SMILES string of the molecule is CCOc1ccccc1N(CC(=O)N(Cc1ccc(Cl)cc1Cl)[C@H](C)C(=O)NC1CCCC1)S(C)(=O)=O. The van der Waals surface area contributed by atoms with Crippen molar-refractivity contribution in [1.82, 2.24) is 10.2 Å². The zero-order chi connectivity index (χ0) is 27.2. The first kappa shape index (κ1) is 29.1. The summed E-state index contributed by atoms with van der Waals surface area (Å²) in [6, 6.07) is 10.7. The normalized spacial score (nSPS) is 14.7. The Balaban J connectivity index is 1.94. The maximum Gasteiger partial charge on any atom is 0.244 e. The quantitative estimate of drug-likeness (QED) is 0.425. The summed E-state index contributed by atoms with van der Waals surface area (Å²) in [6.07, 6.45) is 4.91. The van der Waals surface area contributed by atoms with Gasteiger partial charge in [0.2, 0.25) is 21.8 Å². The van der Waals surface area contributed by atoms with Gasteiger partial charge in [0, 0.05) is 22.6 Å². The molecule has 0 aliphatic heterocycles. The van der Waals surface area contributed by atoms with E-state index in [1.807, 2.05) is 0 Å². The predicted octanol–water partition coefficient (Wildman–Crippen LogP) is 4.63. The zero-order valence-corrected chi connectivity index (χ0v) is 23.6. The number of hydrogen-bond acceptors (Lipinski definition) is 5. The Morgan fingerprint density at radius 3 is 2.43 bits per heavy atom. The average Bonchev–Trinajstić information content (AvgIpc) is 3.34. The van der Waals surface area contributed by atoms with E-state index in [1.165, 1.54) is 4.90 Å². The molecular formula is C26H33Cl2N3O5S. The second-order valence-corrected chi connectivity index (χ2v) is 11.8. The third-order valence-electron chi connectivity index (χ3n) is 6.34. The molecule has 3 rings (SSSR count). The Kier molecular flexibility index (Phi) is 10.1. The monoisotopic (exact) mass is 569 g/mol. The highest BCUT2D eigenvalue weighted by Crippen LogP contribution is 2.30. The molecule has 2 amide bonds. The number of para-hydroxylation sites is 2. The number of benzene rings is 2. The van der Waals surface area contributed by atoms with Crippen molar-refractivity contribution in [3.63, 3.8) is 0 Å². The van der Waals surface area contributed by atoms with E-state index in [-0.39, 0.29) is 24.2 Å². The Labute approximate surface area is 228 Å². The van der Waals surface area contributed by atoms with Crippen LogP contribution in [0.15, 0.2) is 42.5 Å². The highest BCUT2D eigenvalue weighted by atomic mass is 35.5. The summed E-state index contributed by atoms with van der Waals surface area (Å²) in [4.78, 5) is 28.2. The third-order valence-corrected chi connectivity index (χ3v) is 8.05. The molecule has 37 heavy (non-hydrogen) atoms. The average molecular weight is 571 g/mol. The molecule has 0 aromatic heterocycles. The topological polar surface area (TPSA) is 96.0 Å². The van der Waals surface area contributed by atoms with Gasteiger partial charge in [-0.2, -0.15) is 0 Å². The number of rotatable bonds is 11. The maximum absolute atomic E-state index is 13.7. The number of amides is 2. The summed E-state index contributed by atoms with van der Waals surface area (Å²) < 4.78 is 32.2. The second-order valence-electron chi connectivity index (χ2n) is 9.09. The molecule has 2 aromatic rings. The molecule has 1 N–H and O–H groups in total. The van der Waals surface area contributed by atoms with E-state index in [0.29, 0.717) is 28.0 Å². The molecule has 0 bridgehead atoms. The van der Waals surface area contributed by atoms with E-state index in [9.17, 15) is 18.0 Å². The minimum atomic E-state index is -3.88. The van der Waals surface area contributed by atoms with Crippen LogP contribution < -0.4 is 14.4 Å². The third kappa shape index (κ3) is 7.75. The molecule has 0 spiro atoms. The Hall–Kier alpha value is -2.49. The molecule has 1 aliphatic rings. The molecular weight excluding hydrogens is 537 g/mol. The molecule has 0 unspecified atom stereocenters. The Morgan fingerprint density at radius 1 is 1.14 bits per heavy atom. The van der Waals surface area contributed by atoms with Gasteiger partial charge in [0.25, 0.3) is 0 Å². The van der Waals surface area contributed by atoms with Gasteiger partial charge in [0.15, 0.2) is 0 Å². The van der Waals surface area contributed by atoms with E-state index in [0.717, 1.165) is 36.2 Å². The molecule has 1 fully saturated rings. The molecule has 0 saturated heterocycles. The van der Waals surface area contributed by atoms with Gasteiger partial charge in [-0.15, -0.1) is 0 Å². The van der Waals surface area contributed by atoms with Crippen molar-refractivity contribution >= 4 is 50.7 Å². The van der Waals surface area contributed by atoms with Crippen LogP contribution in [-0.2, 0) is 26.2 Å². The number of anilines is 1. The molecule has 8 nitrogen and oxygen atoms in total. The fourth-order valence-corrected chi connectivity index (χ4v) is 5.66. The summed E-state index contributed by atoms with van der Waals surface area (Å²) in [5.74, 6) is -0.523. The van der Waals surface area contributed by atoms with Crippen LogP contribution in [0.1, 0.15) is 45.1 Å². The summed E-state index contributed by atoms with van der Waals surface area (Å²) in [5, 5.41) is 3.81. The summed E-state index contributed by atoms with van der Waals surface area (Å²) in [7, 11) is -3.88. The molecule has 1 atom stereocenters. The van der Waals surface area contributed by atoms with E-state index >= 15 is 0 Å². The van der Waals surface area contributed by atoms with Crippen LogP contribution in [-0.4, -0.2) is 56.6 Å². The smallest absolute Gasteiger partial charge is 0.244 e. The lowest BCUT2D eigenvalue weighted by Crippen LogP contribution is -2.52. The zero-order valence-electron chi connectivity index (χ0n) is 21.2. The van der Waals surface area contributed by atoms with Crippen LogP contribution in [0, 0.1) is 0 Å². The highest BCUT2D eigenvalue weighted by Gasteiger charge is 2.32. The number of ether oxygens (including phenoxy) is 1. The predicted molar refractivity (Wildman–Crippen MR) is 147 cm³/mol. The Morgan fingerprint density at radius 2 is 1.81 bits per heavy atom. The van der Waals surface area contributed by atoms with E-state index < -0.39 is 28.5 Å². The van der Waals surface area contributed by atoms with Crippen LogP contribution in [0.4, 0.5) is 5.69 Å². The maximum atomic E-state index is 13.7. The van der Waals surface area contributed by atoms with Crippen molar-refractivity contribution in [3.8, 4) is 5.75 Å². The van der Waals surface area contributed by atoms with Crippen LogP contribution in [0.5, 0.6) is 5.75 Å². The first-order chi connectivity index (χ1) is 17.5. The van der Waals surface area contributed by atoms with Crippen molar-refractivity contribution in [1.29, 1.82) is 0 Å². The lowest BCUT2D eigenvalue weighted by Gasteiger charge is -2.32. The molecule has 0 heterocycles. The molecule has 202 valence electrons. The standard InChI is InChI=1S/C26H33Cl2N3O5S/c1-4-36-24-12-8-7-11-23(24)31(37(3,34)35)17-25(32)30(16-19-13-14-20(27)15-22(19)28)18(2)26(33)29-21-9-5-6-10-21/h7-8,11-15,18,21H,4-6,9-10,16-17H2,1-3H3,(H,29,33)/t18-/m1/s1. The van der Waals surface area contributed by atoms with Gasteiger partial charge >= 0.3 is 0 Å². The lowest BCUT2D eigenvalue weighted by molar-refractivity contribution is -0.139. The van der Waals surface area contributed by atoms with E-state index in [1.54, 1.807) is 56.3 Å². The first-order valence-corrected chi connectivity index (χ1v) is 14.8. The van der Waals surface area contributed by atoms with Gasteiger partial charge in [-0.05, 0) is 56.5 Å². The Bertz CT molecular complexity index is 1220. The summed E-state index contributed by atoms with van der Waals surface area (Å²) in [5.41, 5.74) is 0.827. The number of halogens is 2. The highest BCUT2D eigenvalue weighted by molar-refractivity contribution is 7.92. The fraction of sp³-hybridized carbons (Fsp3) is 0.462. The van der Waals surface area contributed by atoms with E-state index in [4.69, 9.17) is 27.9 Å². The number of carbonyl (C=O) groups excluding carboxylic acids is 2. The second kappa shape index (κ2) is 12.8. The first-order valence-electron chi connectivity index (χ1n) is 12.2. The van der Waals surface area contributed by atoms with Gasteiger partial charge in [0.05, 0.1) is 18.6 Å². The molecule has 0 radical (unpaired) electrons. The fourth-order valence-electron chi connectivity index (χ4n) is 4.34. The lowest BCUT2D eigenvalue weighted by atomic mass is 10.1. The summed E-state index contributed by atoms with van der Waals surface area (Å²) >= 11 is 12.4. The number of sulfonamides is 1.